The van der Waals surface area contributed by atoms with Crippen LogP contribution in [0.3, 0.4) is 0 Å². The Kier molecular flexibility index (Phi) is 8.46. The van der Waals surface area contributed by atoms with Gasteiger partial charge in [0.25, 0.3) is 0 Å². The maximum Gasteiger partial charge on any atom is 0.0462 e. The molecule has 0 saturated heterocycles. The SMILES string of the molecule is CCNC(C)C(CC)CCCOC. The van der Waals surface area contributed by atoms with Gasteiger partial charge in [0.2, 0.25) is 0 Å². The van der Waals surface area contributed by atoms with Crippen LogP contribution in [0.25, 0.3) is 0 Å². The molecule has 80 valence electrons. The maximum atomic E-state index is 5.06. The summed E-state index contributed by atoms with van der Waals surface area (Å²) in [7, 11) is 1.77. The Morgan fingerprint density at radius 2 is 2.00 bits per heavy atom. The van der Waals surface area contributed by atoms with Crippen LogP contribution in [0.1, 0.15) is 40.0 Å². The van der Waals surface area contributed by atoms with Crippen molar-refractivity contribution in [3.8, 4) is 0 Å². The van der Waals surface area contributed by atoms with Crippen molar-refractivity contribution >= 4 is 0 Å². The molecule has 2 nitrogen and oxygen atoms in total. The summed E-state index contributed by atoms with van der Waals surface area (Å²) in [5, 5.41) is 3.48. The van der Waals surface area contributed by atoms with E-state index >= 15 is 0 Å². The predicted molar refractivity (Wildman–Crippen MR) is 58.0 cm³/mol. The Balaban J connectivity index is 3.60. The summed E-state index contributed by atoms with van der Waals surface area (Å²) < 4.78 is 5.06. The lowest BCUT2D eigenvalue weighted by Gasteiger charge is -2.23. The van der Waals surface area contributed by atoms with Crippen LogP contribution in [0.5, 0.6) is 0 Å². The second kappa shape index (κ2) is 8.52. The third kappa shape index (κ3) is 6.05. The molecule has 0 aromatic rings. The first kappa shape index (κ1) is 12.9. The monoisotopic (exact) mass is 187 g/mol. The summed E-state index contributed by atoms with van der Waals surface area (Å²) in [4.78, 5) is 0. The van der Waals surface area contributed by atoms with E-state index in [1.54, 1.807) is 7.11 Å². The van der Waals surface area contributed by atoms with Crippen molar-refractivity contribution in [3.63, 3.8) is 0 Å². The Hall–Kier alpha value is -0.0800. The molecule has 0 aliphatic rings. The average molecular weight is 187 g/mol. The van der Waals surface area contributed by atoms with Gasteiger partial charge in [0, 0.05) is 19.8 Å². The van der Waals surface area contributed by atoms with Gasteiger partial charge in [-0.1, -0.05) is 20.3 Å². The molecule has 0 saturated carbocycles. The van der Waals surface area contributed by atoms with Crippen molar-refractivity contribution < 1.29 is 4.74 Å². The van der Waals surface area contributed by atoms with E-state index in [-0.39, 0.29) is 0 Å². The second-order valence-electron chi connectivity index (χ2n) is 3.65. The van der Waals surface area contributed by atoms with E-state index in [1.165, 1.54) is 19.3 Å². The lowest BCUT2D eigenvalue weighted by atomic mass is 9.93. The van der Waals surface area contributed by atoms with E-state index in [4.69, 9.17) is 4.74 Å². The zero-order valence-corrected chi connectivity index (χ0v) is 9.60. The van der Waals surface area contributed by atoms with Gasteiger partial charge in [-0.2, -0.15) is 0 Å². The van der Waals surface area contributed by atoms with Crippen molar-refractivity contribution in [2.45, 2.75) is 46.1 Å². The highest BCUT2D eigenvalue weighted by Crippen LogP contribution is 2.15. The summed E-state index contributed by atoms with van der Waals surface area (Å²) in [6, 6.07) is 0.645. The topological polar surface area (TPSA) is 21.3 Å². The maximum absolute atomic E-state index is 5.06. The molecule has 1 N–H and O–H groups in total. The first-order valence-electron chi connectivity index (χ1n) is 5.48. The molecule has 13 heavy (non-hydrogen) atoms. The fourth-order valence-corrected chi connectivity index (χ4v) is 1.79. The normalized spacial score (nSPS) is 15.7. The Morgan fingerprint density at radius 1 is 1.31 bits per heavy atom. The lowest BCUT2D eigenvalue weighted by Crippen LogP contribution is -2.33. The van der Waals surface area contributed by atoms with Gasteiger partial charge in [-0.05, 0) is 32.2 Å². The molecule has 0 spiro atoms. The fraction of sp³-hybridized carbons (Fsp3) is 1.00. The minimum Gasteiger partial charge on any atom is -0.385 e. The molecule has 0 amide bonds. The number of hydrogen-bond donors (Lipinski definition) is 1. The Morgan fingerprint density at radius 3 is 2.46 bits per heavy atom. The molecule has 0 heterocycles. The van der Waals surface area contributed by atoms with E-state index in [1.807, 2.05) is 0 Å². The quantitative estimate of drug-likeness (QED) is 0.589. The third-order valence-electron chi connectivity index (χ3n) is 2.68. The smallest absolute Gasteiger partial charge is 0.0462 e. The first-order valence-corrected chi connectivity index (χ1v) is 5.48. The van der Waals surface area contributed by atoms with Crippen LogP contribution in [0, 0.1) is 5.92 Å². The number of rotatable bonds is 8. The molecule has 0 bridgehead atoms. The molecule has 2 atom stereocenters. The largest absolute Gasteiger partial charge is 0.385 e. The van der Waals surface area contributed by atoms with Crippen molar-refractivity contribution in [3.05, 3.63) is 0 Å². The fourth-order valence-electron chi connectivity index (χ4n) is 1.79. The number of methoxy groups -OCH3 is 1. The Labute approximate surface area is 83.1 Å². The van der Waals surface area contributed by atoms with Crippen LogP contribution < -0.4 is 5.32 Å². The van der Waals surface area contributed by atoms with Gasteiger partial charge < -0.3 is 10.1 Å². The summed E-state index contributed by atoms with van der Waals surface area (Å²) in [5.41, 5.74) is 0. The lowest BCUT2D eigenvalue weighted by molar-refractivity contribution is 0.182. The van der Waals surface area contributed by atoms with E-state index in [0.717, 1.165) is 19.1 Å². The molecule has 2 unspecified atom stereocenters. The summed E-state index contributed by atoms with van der Waals surface area (Å²) >= 11 is 0. The highest BCUT2D eigenvalue weighted by molar-refractivity contribution is 4.70. The number of ether oxygens (including phenoxy) is 1. The zero-order chi connectivity index (χ0) is 10.1. The molecule has 0 aromatic carbocycles. The first-order chi connectivity index (χ1) is 6.26. The van der Waals surface area contributed by atoms with Crippen molar-refractivity contribution in [1.82, 2.24) is 5.32 Å². The van der Waals surface area contributed by atoms with E-state index in [2.05, 4.69) is 26.1 Å². The minimum absolute atomic E-state index is 0.645. The van der Waals surface area contributed by atoms with E-state index in [9.17, 15) is 0 Å². The van der Waals surface area contributed by atoms with Crippen LogP contribution in [-0.2, 0) is 4.74 Å². The van der Waals surface area contributed by atoms with Crippen LogP contribution >= 0.6 is 0 Å². The molecule has 0 radical (unpaired) electrons. The van der Waals surface area contributed by atoms with Crippen LogP contribution in [0.15, 0.2) is 0 Å². The number of hydrogen-bond acceptors (Lipinski definition) is 2. The van der Waals surface area contributed by atoms with E-state index < -0.39 is 0 Å². The van der Waals surface area contributed by atoms with Gasteiger partial charge in [-0.3, -0.25) is 0 Å². The molecule has 2 heteroatoms. The minimum atomic E-state index is 0.645. The van der Waals surface area contributed by atoms with Crippen LogP contribution in [0.4, 0.5) is 0 Å². The molecular weight excluding hydrogens is 162 g/mol. The standard InChI is InChI=1S/C11H25NO/c1-5-11(8-7-9-13-4)10(3)12-6-2/h10-12H,5-9H2,1-4H3. The van der Waals surface area contributed by atoms with Crippen molar-refractivity contribution in [1.29, 1.82) is 0 Å². The summed E-state index contributed by atoms with van der Waals surface area (Å²) in [5.74, 6) is 0.801. The van der Waals surface area contributed by atoms with Gasteiger partial charge in [0.15, 0.2) is 0 Å². The molecule has 0 rings (SSSR count). The van der Waals surface area contributed by atoms with Crippen molar-refractivity contribution in [2.75, 3.05) is 20.3 Å². The van der Waals surface area contributed by atoms with Gasteiger partial charge in [-0.25, -0.2) is 0 Å². The van der Waals surface area contributed by atoms with Crippen LogP contribution in [-0.4, -0.2) is 26.3 Å². The third-order valence-corrected chi connectivity index (χ3v) is 2.68. The molecule has 0 aliphatic heterocycles. The number of nitrogens with one attached hydrogen (secondary N) is 1. The van der Waals surface area contributed by atoms with Gasteiger partial charge in [-0.15, -0.1) is 0 Å². The predicted octanol–water partition coefficient (Wildman–Crippen LogP) is 2.44. The molecule has 0 aromatic heterocycles. The highest BCUT2D eigenvalue weighted by atomic mass is 16.5. The van der Waals surface area contributed by atoms with E-state index in [0.29, 0.717) is 6.04 Å². The Bertz CT molecular complexity index is 106. The van der Waals surface area contributed by atoms with Gasteiger partial charge in [0.1, 0.15) is 0 Å². The van der Waals surface area contributed by atoms with Gasteiger partial charge >= 0.3 is 0 Å². The molecule has 0 fully saturated rings. The van der Waals surface area contributed by atoms with Crippen LogP contribution in [0.2, 0.25) is 0 Å². The van der Waals surface area contributed by atoms with Crippen molar-refractivity contribution in [2.24, 2.45) is 5.92 Å². The van der Waals surface area contributed by atoms with Gasteiger partial charge in [0.05, 0.1) is 0 Å². The summed E-state index contributed by atoms with van der Waals surface area (Å²) in [6.45, 7) is 8.69. The summed E-state index contributed by atoms with van der Waals surface area (Å²) in [6.07, 6.45) is 3.72. The average Bonchev–Trinajstić information content (AvgIpc) is 2.13. The molecule has 0 aliphatic carbocycles. The highest BCUT2D eigenvalue weighted by Gasteiger charge is 2.13. The zero-order valence-electron chi connectivity index (χ0n) is 9.60. The second-order valence-corrected chi connectivity index (χ2v) is 3.65. The molecular formula is C11H25NO.